The summed E-state index contributed by atoms with van der Waals surface area (Å²) in [6.45, 7) is 6.83. The molecular formula is C18H30N6O2. The number of aliphatic imine (C=N–C) groups is 1. The zero-order valence-electron chi connectivity index (χ0n) is 15.8. The van der Waals surface area contributed by atoms with Crippen LogP contribution in [-0.2, 0) is 11.2 Å². The lowest BCUT2D eigenvalue weighted by atomic mass is 10.1. The maximum absolute atomic E-state index is 12.6. The number of amides is 1. The summed E-state index contributed by atoms with van der Waals surface area (Å²) in [6, 6.07) is 0.254. The Kier molecular flexibility index (Phi) is 6.46. The molecule has 1 aromatic rings. The van der Waals surface area contributed by atoms with Gasteiger partial charge in [0.05, 0.1) is 6.54 Å². The summed E-state index contributed by atoms with van der Waals surface area (Å²) in [6.07, 6.45) is 6.10. The van der Waals surface area contributed by atoms with Gasteiger partial charge in [-0.15, -0.1) is 0 Å². The molecule has 1 aliphatic heterocycles. The monoisotopic (exact) mass is 362 g/mol. The van der Waals surface area contributed by atoms with Crippen LogP contribution in [0.25, 0.3) is 0 Å². The molecule has 1 unspecified atom stereocenters. The quantitative estimate of drug-likeness (QED) is 0.584. The van der Waals surface area contributed by atoms with E-state index in [4.69, 9.17) is 4.52 Å². The van der Waals surface area contributed by atoms with E-state index in [1.54, 1.807) is 6.92 Å². The van der Waals surface area contributed by atoms with E-state index in [0.717, 1.165) is 44.9 Å². The van der Waals surface area contributed by atoms with Gasteiger partial charge in [0.1, 0.15) is 0 Å². The van der Waals surface area contributed by atoms with Crippen molar-refractivity contribution in [3.63, 3.8) is 0 Å². The number of aryl methyl sites for hydroxylation is 1. The highest BCUT2D eigenvalue weighted by Crippen LogP contribution is 2.27. The van der Waals surface area contributed by atoms with Crippen molar-refractivity contribution in [1.29, 1.82) is 0 Å². The molecule has 1 amide bonds. The van der Waals surface area contributed by atoms with Crippen LogP contribution in [0.1, 0.15) is 50.7 Å². The molecule has 8 heteroatoms. The fraction of sp³-hybridized carbons (Fsp3) is 0.778. The van der Waals surface area contributed by atoms with Crippen molar-refractivity contribution in [3.05, 3.63) is 11.7 Å². The van der Waals surface area contributed by atoms with E-state index >= 15 is 0 Å². The Balaban J connectivity index is 1.48. The van der Waals surface area contributed by atoms with Gasteiger partial charge in [0.15, 0.2) is 11.8 Å². The maximum Gasteiger partial charge on any atom is 0.228 e. The summed E-state index contributed by atoms with van der Waals surface area (Å²) in [5.74, 6) is 2.64. The molecule has 26 heavy (non-hydrogen) atoms. The van der Waals surface area contributed by atoms with Crippen LogP contribution < -0.4 is 10.6 Å². The SMILES string of the molecule is CCNC(=NCCc1nc(C)no1)NC1CCN(C(=O)C2CCCC2)C1. The molecule has 2 aliphatic rings. The number of guanidine groups is 1. The van der Waals surface area contributed by atoms with Crippen molar-refractivity contribution in [2.45, 2.75) is 58.4 Å². The van der Waals surface area contributed by atoms with Crippen LogP contribution in [0.4, 0.5) is 0 Å². The Morgan fingerprint density at radius 1 is 1.35 bits per heavy atom. The highest BCUT2D eigenvalue weighted by atomic mass is 16.5. The second-order valence-corrected chi connectivity index (χ2v) is 7.14. The normalized spacial score (nSPS) is 21.4. The first-order chi connectivity index (χ1) is 12.7. The standard InChI is InChI=1S/C18H30N6O2/c1-3-19-18(20-10-8-16-21-13(2)23-26-16)22-15-9-11-24(12-15)17(25)14-6-4-5-7-14/h14-15H,3-12H2,1-2H3,(H2,19,20,22). The van der Waals surface area contributed by atoms with Gasteiger partial charge < -0.3 is 20.1 Å². The van der Waals surface area contributed by atoms with E-state index in [2.05, 4.69) is 25.8 Å². The van der Waals surface area contributed by atoms with Crippen molar-refractivity contribution in [1.82, 2.24) is 25.7 Å². The summed E-state index contributed by atoms with van der Waals surface area (Å²) in [7, 11) is 0. The van der Waals surface area contributed by atoms with Gasteiger partial charge in [-0.1, -0.05) is 18.0 Å². The Morgan fingerprint density at radius 2 is 2.15 bits per heavy atom. The van der Waals surface area contributed by atoms with Gasteiger partial charge in [-0.2, -0.15) is 4.98 Å². The van der Waals surface area contributed by atoms with Crippen LogP contribution in [0.5, 0.6) is 0 Å². The predicted octanol–water partition coefficient (Wildman–Crippen LogP) is 1.27. The van der Waals surface area contributed by atoms with Crippen LogP contribution >= 0.6 is 0 Å². The fourth-order valence-electron chi connectivity index (χ4n) is 3.73. The van der Waals surface area contributed by atoms with Crippen LogP contribution in [0.3, 0.4) is 0 Å². The second-order valence-electron chi connectivity index (χ2n) is 7.14. The Hall–Kier alpha value is -2.12. The summed E-state index contributed by atoms with van der Waals surface area (Å²) in [5, 5.41) is 10.5. The molecule has 3 rings (SSSR count). The summed E-state index contributed by atoms with van der Waals surface area (Å²) < 4.78 is 5.11. The molecular weight excluding hydrogens is 332 g/mol. The molecule has 1 atom stereocenters. The number of nitrogens with zero attached hydrogens (tertiary/aromatic N) is 4. The van der Waals surface area contributed by atoms with Crippen molar-refractivity contribution in [2.24, 2.45) is 10.9 Å². The molecule has 144 valence electrons. The third-order valence-corrected chi connectivity index (χ3v) is 5.05. The number of hydrogen-bond donors (Lipinski definition) is 2. The zero-order valence-corrected chi connectivity index (χ0v) is 15.8. The number of carbonyl (C=O) groups is 1. The number of hydrogen-bond acceptors (Lipinski definition) is 5. The summed E-state index contributed by atoms with van der Waals surface area (Å²) in [5.41, 5.74) is 0. The Bertz CT molecular complexity index is 623. The van der Waals surface area contributed by atoms with Gasteiger partial charge >= 0.3 is 0 Å². The van der Waals surface area contributed by atoms with Gasteiger partial charge in [-0.3, -0.25) is 9.79 Å². The molecule has 0 radical (unpaired) electrons. The van der Waals surface area contributed by atoms with Crippen LogP contribution in [0, 0.1) is 12.8 Å². The molecule has 2 fully saturated rings. The number of carbonyl (C=O) groups excluding carboxylic acids is 1. The lowest BCUT2D eigenvalue weighted by Gasteiger charge is -2.21. The highest BCUT2D eigenvalue weighted by Gasteiger charge is 2.32. The maximum atomic E-state index is 12.6. The smallest absolute Gasteiger partial charge is 0.228 e. The van der Waals surface area contributed by atoms with E-state index in [9.17, 15) is 4.79 Å². The number of likely N-dealkylation sites (tertiary alicyclic amines) is 1. The van der Waals surface area contributed by atoms with E-state index in [0.29, 0.717) is 30.6 Å². The van der Waals surface area contributed by atoms with Gasteiger partial charge in [0.25, 0.3) is 0 Å². The highest BCUT2D eigenvalue weighted by molar-refractivity contribution is 5.81. The third-order valence-electron chi connectivity index (χ3n) is 5.05. The molecule has 2 heterocycles. The minimum absolute atomic E-state index is 0.254. The predicted molar refractivity (Wildman–Crippen MR) is 98.8 cm³/mol. The van der Waals surface area contributed by atoms with Gasteiger partial charge in [-0.05, 0) is 33.1 Å². The molecule has 1 saturated carbocycles. The molecule has 2 N–H and O–H groups in total. The first-order valence-corrected chi connectivity index (χ1v) is 9.78. The topological polar surface area (TPSA) is 95.7 Å². The zero-order chi connectivity index (χ0) is 18.4. The fourth-order valence-corrected chi connectivity index (χ4v) is 3.73. The second kappa shape index (κ2) is 9.00. The minimum Gasteiger partial charge on any atom is -0.357 e. The molecule has 0 spiro atoms. The van der Waals surface area contributed by atoms with Crippen molar-refractivity contribution < 1.29 is 9.32 Å². The first kappa shape index (κ1) is 18.7. The summed E-state index contributed by atoms with van der Waals surface area (Å²) in [4.78, 5) is 23.4. The molecule has 0 bridgehead atoms. The average molecular weight is 362 g/mol. The minimum atomic E-state index is 0.254. The molecule has 1 saturated heterocycles. The van der Waals surface area contributed by atoms with Crippen molar-refractivity contribution in [3.8, 4) is 0 Å². The van der Waals surface area contributed by atoms with Crippen molar-refractivity contribution in [2.75, 3.05) is 26.2 Å². The third kappa shape index (κ3) is 4.95. The van der Waals surface area contributed by atoms with Gasteiger partial charge in [0, 0.05) is 38.0 Å². The molecule has 8 nitrogen and oxygen atoms in total. The van der Waals surface area contributed by atoms with E-state index < -0.39 is 0 Å². The lowest BCUT2D eigenvalue weighted by Crippen LogP contribution is -2.45. The van der Waals surface area contributed by atoms with Crippen LogP contribution in [-0.4, -0.2) is 59.1 Å². The first-order valence-electron chi connectivity index (χ1n) is 9.78. The van der Waals surface area contributed by atoms with E-state index in [1.165, 1.54) is 12.8 Å². The Morgan fingerprint density at radius 3 is 2.85 bits per heavy atom. The number of rotatable bonds is 6. The van der Waals surface area contributed by atoms with Gasteiger partial charge in [-0.25, -0.2) is 0 Å². The number of aromatic nitrogens is 2. The molecule has 1 aliphatic carbocycles. The summed E-state index contributed by atoms with van der Waals surface area (Å²) >= 11 is 0. The Labute approximate surface area is 154 Å². The van der Waals surface area contributed by atoms with Crippen molar-refractivity contribution >= 4 is 11.9 Å². The largest absolute Gasteiger partial charge is 0.357 e. The van der Waals surface area contributed by atoms with E-state index in [-0.39, 0.29) is 12.0 Å². The van der Waals surface area contributed by atoms with Gasteiger partial charge in [0.2, 0.25) is 11.8 Å². The average Bonchev–Trinajstić information content (AvgIpc) is 3.36. The number of nitrogens with one attached hydrogen (secondary N) is 2. The van der Waals surface area contributed by atoms with Crippen LogP contribution in [0.2, 0.25) is 0 Å². The van der Waals surface area contributed by atoms with Crippen LogP contribution in [0.15, 0.2) is 9.52 Å². The lowest BCUT2D eigenvalue weighted by molar-refractivity contribution is -0.134. The molecule has 0 aromatic carbocycles. The molecule has 1 aromatic heterocycles. The van der Waals surface area contributed by atoms with E-state index in [1.807, 2.05) is 11.8 Å².